The number of carbonyl (C=O) groups excluding carboxylic acids is 1. The van der Waals surface area contributed by atoms with E-state index in [-0.39, 0.29) is 22.8 Å². The van der Waals surface area contributed by atoms with Crippen LogP contribution in [0.15, 0.2) is 48.5 Å². The lowest BCUT2D eigenvalue weighted by Crippen LogP contribution is -2.49. The van der Waals surface area contributed by atoms with E-state index in [1.807, 2.05) is 12.1 Å². The quantitative estimate of drug-likeness (QED) is 0.769. The molecule has 4 rings (SSSR count). The normalized spacial score (nSPS) is 23.6. The fourth-order valence-electron chi connectivity index (χ4n) is 5.18. The first-order valence-corrected chi connectivity index (χ1v) is 10.2. The van der Waals surface area contributed by atoms with E-state index in [2.05, 4.69) is 54.8 Å². The number of likely N-dealkylation sites (tertiary alicyclic amines) is 1. The number of aryl methyl sites for hydroxylation is 1. The Morgan fingerprint density at radius 2 is 1.75 bits per heavy atom. The summed E-state index contributed by atoms with van der Waals surface area (Å²) in [5, 5.41) is 0. The Bertz CT molecular complexity index is 859. The average Bonchev–Trinajstić information content (AvgIpc) is 3.17. The highest BCUT2D eigenvalue weighted by molar-refractivity contribution is 5.80. The van der Waals surface area contributed by atoms with Gasteiger partial charge in [0.15, 0.2) is 0 Å². The third kappa shape index (κ3) is 3.41. The van der Waals surface area contributed by atoms with Crippen LogP contribution in [0.25, 0.3) is 0 Å². The predicted octanol–water partition coefficient (Wildman–Crippen LogP) is 4.73. The van der Waals surface area contributed by atoms with Gasteiger partial charge in [-0.15, -0.1) is 0 Å². The molecule has 0 bridgehead atoms. The minimum atomic E-state index is -0.216. The molecule has 1 amide bonds. The first-order valence-electron chi connectivity index (χ1n) is 10.2. The van der Waals surface area contributed by atoms with E-state index in [0.717, 1.165) is 43.6 Å². The van der Waals surface area contributed by atoms with Gasteiger partial charge < -0.3 is 9.80 Å². The molecule has 2 aromatic carbocycles. The second-order valence-electron chi connectivity index (χ2n) is 9.09. The molecule has 28 heavy (non-hydrogen) atoms. The van der Waals surface area contributed by atoms with Gasteiger partial charge in [-0.05, 0) is 69.9 Å². The van der Waals surface area contributed by atoms with Crippen molar-refractivity contribution in [3.8, 4) is 0 Å². The molecule has 2 heterocycles. The molecule has 0 saturated carbocycles. The maximum absolute atomic E-state index is 13.4. The molecule has 0 aliphatic carbocycles. The number of benzene rings is 2. The van der Waals surface area contributed by atoms with Crippen LogP contribution in [0.5, 0.6) is 0 Å². The molecule has 0 N–H and O–H groups in total. The number of anilines is 1. The Morgan fingerprint density at radius 3 is 2.43 bits per heavy atom. The van der Waals surface area contributed by atoms with Gasteiger partial charge in [-0.2, -0.15) is 0 Å². The Kier molecular flexibility index (Phi) is 4.68. The van der Waals surface area contributed by atoms with Crippen molar-refractivity contribution in [3.05, 3.63) is 65.5 Å². The van der Waals surface area contributed by atoms with Crippen LogP contribution < -0.4 is 4.90 Å². The number of hydrogen-bond donors (Lipinski definition) is 0. The topological polar surface area (TPSA) is 23.6 Å². The summed E-state index contributed by atoms with van der Waals surface area (Å²) in [6, 6.07) is 15.0. The number of nitrogens with zero attached hydrogens (tertiary/aromatic N) is 2. The minimum Gasteiger partial charge on any atom is -0.364 e. The Labute approximate surface area is 167 Å². The van der Waals surface area contributed by atoms with Gasteiger partial charge in [0.05, 0.1) is 12.0 Å². The molecule has 4 heteroatoms. The van der Waals surface area contributed by atoms with E-state index in [9.17, 15) is 9.18 Å². The number of amides is 1. The lowest BCUT2D eigenvalue weighted by molar-refractivity contribution is -0.134. The smallest absolute Gasteiger partial charge is 0.227 e. The molecule has 2 aliphatic heterocycles. The third-order valence-electron chi connectivity index (χ3n) is 6.46. The molecule has 3 nitrogen and oxygen atoms in total. The molecule has 1 unspecified atom stereocenters. The number of carbonyl (C=O) groups is 1. The van der Waals surface area contributed by atoms with Gasteiger partial charge in [-0.1, -0.05) is 29.8 Å². The fourth-order valence-corrected chi connectivity index (χ4v) is 5.18. The van der Waals surface area contributed by atoms with Gasteiger partial charge in [0.25, 0.3) is 0 Å². The van der Waals surface area contributed by atoms with Gasteiger partial charge in [0.1, 0.15) is 5.82 Å². The largest absolute Gasteiger partial charge is 0.364 e. The number of halogens is 1. The van der Waals surface area contributed by atoms with E-state index in [1.54, 1.807) is 0 Å². The zero-order valence-electron chi connectivity index (χ0n) is 17.0. The Morgan fingerprint density at radius 1 is 1.07 bits per heavy atom. The van der Waals surface area contributed by atoms with E-state index in [0.29, 0.717) is 6.42 Å². The molecular weight excluding hydrogens is 351 g/mol. The maximum atomic E-state index is 13.4. The highest BCUT2D eigenvalue weighted by Gasteiger charge is 2.54. The molecule has 1 spiro atoms. The molecule has 1 atom stereocenters. The van der Waals surface area contributed by atoms with Crippen LogP contribution in [0.2, 0.25) is 0 Å². The van der Waals surface area contributed by atoms with Crippen molar-refractivity contribution in [2.75, 3.05) is 18.0 Å². The van der Waals surface area contributed by atoms with E-state index in [4.69, 9.17) is 0 Å². The fraction of sp³-hybridized carbons (Fsp3) is 0.458. The minimum absolute atomic E-state index is 0.0788. The van der Waals surface area contributed by atoms with Crippen LogP contribution in [0.3, 0.4) is 0 Å². The van der Waals surface area contributed by atoms with E-state index in [1.165, 1.54) is 17.7 Å². The standard InChI is InChI=1S/C24H29FN2O/c1-18-5-7-19(8-6-18)15-22(28)26-14-4-13-24(26)16-23(2,3)27(17-24)21-11-9-20(25)10-12-21/h5-12H,4,13-17H2,1-3H3. The van der Waals surface area contributed by atoms with Gasteiger partial charge in [0, 0.05) is 24.3 Å². The highest BCUT2D eigenvalue weighted by atomic mass is 19.1. The zero-order chi connectivity index (χ0) is 19.9. The second kappa shape index (κ2) is 6.91. The van der Waals surface area contributed by atoms with E-state index < -0.39 is 0 Å². The summed E-state index contributed by atoms with van der Waals surface area (Å²) in [6.07, 6.45) is 3.48. The summed E-state index contributed by atoms with van der Waals surface area (Å²) < 4.78 is 13.4. The monoisotopic (exact) mass is 380 g/mol. The molecule has 2 aliphatic rings. The van der Waals surface area contributed by atoms with Crippen molar-refractivity contribution in [3.63, 3.8) is 0 Å². The summed E-state index contributed by atoms with van der Waals surface area (Å²) in [5.41, 5.74) is 3.11. The van der Waals surface area contributed by atoms with Crippen LogP contribution >= 0.6 is 0 Å². The third-order valence-corrected chi connectivity index (χ3v) is 6.46. The molecule has 2 saturated heterocycles. The Hall–Kier alpha value is -2.36. The predicted molar refractivity (Wildman–Crippen MR) is 111 cm³/mol. The number of rotatable bonds is 3. The Balaban J connectivity index is 1.56. The van der Waals surface area contributed by atoms with Crippen molar-refractivity contribution in [1.29, 1.82) is 0 Å². The van der Waals surface area contributed by atoms with Gasteiger partial charge in [-0.3, -0.25) is 4.79 Å². The van der Waals surface area contributed by atoms with Crippen molar-refractivity contribution in [2.45, 2.75) is 57.5 Å². The van der Waals surface area contributed by atoms with Crippen molar-refractivity contribution in [1.82, 2.24) is 4.90 Å². The molecule has 0 radical (unpaired) electrons. The summed E-state index contributed by atoms with van der Waals surface area (Å²) >= 11 is 0. The first kappa shape index (κ1) is 19.0. The summed E-state index contributed by atoms with van der Waals surface area (Å²) in [6.45, 7) is 8.16. The van der Waals surface area contributed by atoms with Gasteiger partial charge in [0.2, 0.25) is 5.91 Å². The molecule has 148 valence electrons. The van der Waals surface area contributed by atoms with Crippen LogP contribution in [-0.4, -0.2) is 35.0 Å². The lowest BCUT2D eigenvalue weighted by atomic mass is 9.87. The summed E-state index contributed by atoms with van der Waals surface area (Å²) in [7, 11) is 0. The van der Waals surface area contributed by atoms with Crippen molar-refractivity contribution >= 4 is 11.6 Å². The van der Waals surface area contributed by atoms with E-state index >= 15 is 0 Å². The van der Waals surface area contributed by atoms with Crippen molar-refractivity contribution in [2.24, 2.45) is 0 Å². The lowest BCUT2D eigenvalue weighted by Gasteiger charge is -2.35. The maximum Gasteiger partial charge on any atom is 0.227 e. The van der Waals surface area contributed by atoms with Crippen LogP contribution in [0.4, 0.5) is 10.1 Å². The molecule has 0 aromatic heterocycles. The zero-order valence-corrected chi connectivity index (χ0v) is 17.0. The number of hydrogen-bond acceptors (Lipinski definition) is 2. The van der Waals surface area contributed by atoms with Crippen LogP contribution in [-0.2, 0) is 11.2 Å². The van der Waals surface area contributed by atoms with Gasteiger partial charge in [-0.25, -0.2) is 4.39 Å². The summed E-state index contributed by atoms with van der Waals surface area (Å²) in [5.74, 6) is 0.00402. The van der Waals surface area contributed by atoms with Crippen LogP contribution in [0.1, 0.15) is 44.2 Å². The van der Waals surface area contributed by atoms with Gasteiger partial charge >= 0.3 is 0 Å². The molecule has 2 aromatic rings. The SMILES string of the molecule is Cc1ccc(CC(=O)N2CCCC23CN(c2ccc(F)cc2)C(C)(C)C3)cc1. The van der Waals surface area contributed by atoms with Crippen molar-refractivity contribution < 1.29 is 9.18 Å². The van der Waals surface area contributed by atoms with Crippen LogP contribution in [0, 0.1) is 12.7 Å². The highest BCUT2D eigenvalue weighted by Crippen LogP contribution is 2.47. The first-order chi connectivity index (χ1) is 13.3. The summed E-state index contributed by atoms with van der Waals surface area (Å²) in [4.78, 5) is 17.7. The second-order valence-corrected chi connectivity index (χ2v) is 9.09. The molecule has 2 fully saturated rings. The molecular formula is C24H29FN2O. The average molecular weight is 381 g/mol.